The van der Waals surface area contributed by atoms with E-state index in [1.54, 1.807) is 0 Å². The van der Waals surface area contributed by atoms with Gasteiger partial charge in [-0.15, -0.1) is 9.36 Å². The maximum Gasteiger partial charge on any atom is 0.192 e. The lowest BCUT2D eigenvalue weighted by Gasteiger charge is -1.91. The van der Waals surface area contributed by atoms with Crippen LogP contribution in [-0.4, -0.2) is 15.0 Å². The van der Waals surface area contributed by atoms with Crippen LogP contribution in [0.5, 0.6) is 0 Å². The number of aromatic nitrogens is 3. The zero-order valence-corrected chi connectivity index (χ0v) is 9.11. The summed E-state index contributed by atoms with van der Waals surface area (Å²) < 4.78 is 3.81. The van der Waals surface area contributed by atoms with Crippen molar-refractivity contribution in [1.29, 1.82) is 0 Å². The number of hydrogen-bond acceptors (Lipinski definition) is 2. The molecule has 0 radical (unpaired) electrons. The highest BCUT2D eigenvalue weighted by Gasteiger charge is 2.13. The van der Waals surface area contributed by atoms with Crippen molar-refractivity contribution in [2.45, 2.75) is 52.8 Å². The highest BCUT2D eigenvalue weighted by Crippen LogP contribution is 1.97. The molecular formula is C10H20N3O+. The molecular weight excluding hydrogens is 178 g/mol. The van der Waals surface area contributed by atoms with E-state index in [1.807, 2.05) is 15.6 Å². The number of unbranched alkanes of at least 4 members (excludes halogenated alkanes) is 1. The van der Waals surface area contributed by atoms with E-state index in [0.29, 0.717) is 0 Å². The van der Waals surface area contributed by atoms with E-state index in [1.165, 1.54) is 6.42 Å². The lowest BCUT2D eigenvalue weighted by molar-refractivity contribution is -0.755. The van der Waals surface area contributed by atoms with Gasteiger partial charge in [-0.3, -0.25) is 0 Å². The lowest BCUT2D eigenvalue weighted by Crippen LogP contribution is -2.36. The predicted molar refractivity (Wildman–Crippen MR) is 53.5 cm³/mol. The second-order valence-electron chi connectivity index (χ2n) is 3.51. The third kappa shape index (κ3) is 2.80. The van der Waals surface area contributed by atoms with Crippen LogP contribution < -0.4 is 4.68 Å². The first-order valence-corrected chi connectivity index (χ1v) is 5.39. The molecule has 0 atom stereocenters. The van der Waals surface area contributed by atoms with Crippen molar-refractivity contribution in [3.63, 3.8) is 0 Å². The Hall–Kier alpha value is -0.900. The molecule has 0 fully saturated rings. The molecule has 0 amide bonds. The van der Waals surface area contributed by atoms with Crippen LogP contribution in [0.15, 0.2) is 6.20 Å². The van der Waals surface area contributed by atoms with Gasteiger partial charge in [-0.05, 0) is 12.8 Å². The second-order valence-corrected chi connectivity index (χ2v) is 3.51. The molecule has 0 aromatic carbocycles. The Morgan fingerprint density at radius 2 is 2.21 bits per heavy atom. The summed E-state index contributed by atoms with van der Waals surface area (Å²) >= 11 is 0. The smallest absolute Gasteiger partial charge is 0.192 e. The number of nitrogens with zero attached hydrogens (tertiary/aromatic N) is 3. The Morgan fingerprint density at radius 3 is 2.79 bits per heavy atom. The van der Waals surface area contributed by atoms with Gasteiger partial charge >= 0.3 is 0 Å². The molecule has 0 aliphatic carbocycles. The molecule has 0 unspecified atom stereocenters. The third-order valence-corrected chi connectivity index (χ3v) is 2.19. The van der Waals surface area contributed by atoms with Gasteiger partial charge in [0.05, 0.1) is 5.21 Å². The van der Waals surface area contributed by atoms with Crippen molar-refractivity contribution >= 4 is 0 Å². The van der Waals surface area contributed by atoms with Gasteiger partial charge in [-0.2, -0.15) is 0 Å². The minimum atomic E-state index is 0.0755. The molecule has 0 aliphatic rings. The number of aliphatic hydroxyl groups excluding tert-OH is 1. The summed E-state index contributed by atoms with van der Waals surface area (Å²) in [5.74, 6) is 0. The van der Waals surface area contributed by atoms with Gasteiger partial charge in [0.25, 0.3) is 0 Å². The van der Waals surface area contributed by atoms with E-state index in [0.717, 1.165) is 31.6 Å². The standard InChI is InChI=1S/C10H20N3O/c1-3-5-7-12-8-10(9-14)13(11-12)6-4-2/h8,14H,3-7,9H2,1-2H3/q+1. The molecule has 1 aromatic rings. The van der Waals surface area contributed by atoms with Crippen LogP contribution in [0.2, 0.25) is 0 Å². The highest BCUT2D eigenvalue weighted by atomic mass is 16.3. The zero-order valence-electron chi connectivity index (χ0n) is 9.11. The first kappa shape index (κ1) is 11.2. The lowest BCUT2D eigenvalue weighted by atomic mass is 10.3. The molecule has 80 valence electrons. The second kappa shape index (κ2) is 5.75. The summed E-state index contributed by atoms with van der Waals surface area (Å²) in [5, 5.41) is 13.5. The summed E-state index contributed by atoms with van der Waals surface area (Å²) in [6.07, 6.45) is 5.29. The van der Waals surface area contributed by atoms with E-state index in [4.69, 9.17) is 5.11 Å². The first-order chi connectivity index (χ1) is 6.81. The van der Waals surface area contributed by atoms with Crippen LogP contribution in [-0.2, 0) is 19.7 Å². The van der Waals surface area contributed by atoms with Gasteiger partial charge in [-0.1, -0.05) is 20.3 Å². The minimum Gasteiger partial charge on any atom is -0.388 e. The van der Waals surface area contributed by atoms with Crippen molar-refractivity contribution in [3.8, 4) is 0 Å². The Morgan fingerprint density at radius 1 is 1.43 bits per heavy atom. The molecule has 0 saturated carbocycles. The molecule has 4 heteroatoms. The minimum absolute atomic E-state index is 0.0755. The van der Waals surface area contributed by atoms with E-state index in [-0.39, 0.29) is 6.61 Å². The van der Waals surface area contributed by atoms with Gasteiger partial charge in [0.15, 0.2) is 11.9 Å². The Labute approximate surface area is 85.2 Å². The van der Waals surface area contributed by atoms with Crippen LogP contribution in [0, 0.1) is 0 Å². The molecule has 0 aliphatic heterocycles. The topological polar surface area (TPSA) is 41.9 Å². The van der Waals surface area contributed by atoms with Gasteiger partial charge in [0, 0.05) is 0 Å². The van der Waals surface area contributed by atoms with Crippen LogP contribution in [0.25, 0.3) is 0 Å². The van der Waals surface area contributed by atoms with Crippen molar-refractivity contribution in [2.75, 3.05) is 0 Å². The maximum absolute atomic E-state index is 9.11. The summed E-state index contributed by atoms with van der Waals surface area (Å²) in [6.45, 7) is 6.18. The van der Waals surface area contributed by atoms with Gasteiger partial charge in [0.1, 0.15) is 19.7 Å². The highest BCUT2D eigenvalue weighted by molar-refractivity contribution is 4.87. The largest absolute Gasteiger partial charge is 0.388 e. The fourth-order valence-corrected chi connectivity index (χ4v) is 1.41. The van der Waals surface area contributed by atoms with E-state index in [2.05, 4.69) is 19.1 Å². The average molecular weight is 198 g/mol. The normalized spacial score (nSPS) is 10.8. The Balaban J connectivity index is 2.67. The monoisotopic (exact) mass is 198 g/mol. The Bertz CT molecular complexity index is 270. The molecule has 1 N–H and O–H groups in total. The number of hydrogen-bond donors (Lipinski definition) is 1. The quantitative estimate of drug-likeness (QED) is 0.689. The Kier molecular flexibility index (Phi) is 4.59. The number of aliphatic hydroxyl groups is 1. The molecule has 4 nitrogen and oxygen atoms in total. The molecule has 14 heavy (non-hydrogen) atoms. The fourth-order valence-electron chi connectivity index (χ4n) is 1.41. The van der Waals surface area contributed by atoms with Gasteiger partial charge in [0.2, 0.25) is 0 Å². The summed E-state index contributed by atoms with van der Waals surface area (Å²) in [7, 11) is 0. The summed E-state index contributed by atoms with van der Waals surface area (Å²) in [4.78, 5) is 0. The van der Waals surface area contributed by atoms with Crippen LogP contribution in [0.3, 0.4) is 0 Å². The molecule has 1 heterocycles. The van der Waals surface area contributed by atoms with Gasteiger partial charge < -0.3 is 5.11 Å². The maximum atomic E-state index is 9.11. The predicted octanol–water partition coefficient (Wildman–Crippen LogP) is 0.873. The van der Waals surface area contributed by atoms with Crippen LogP contribution >= 0.6 is 0 Å². The molecule has 0 bridgehead atoms. The number of rotatable bonds is 6. The molecule has 1 aromatic heterocycles. The molecule has 0 saturated heterocycles. The molecule has 0 spiro atoms. The van der Waals surface area contributed by atoms with Crippen molar-refractivity contribution in [1.82, 2.24) is 9.90 Å². The van der Waals surface area contributed by atoms with Gasteiger partial charge in [-0.25, -0.2) is 0 Å². The van der Waals surface area contributed by atoms with Crippen molar-refractivity contribution in [2.24, 2.45) is 0 Å². The zero-order chi connectivity index (χ0) is 10.4. The van der Waals surface area contributed by atoms with E-state index >= 15 is 0 Å². The van der Waals surface area contributed by atoms with E-state index in [9.17, 15) is 0 Å². The van der Waals surface area contributed by atoms with Crippen molar-refractivity contribution < 1.29 is 9.79 Å². The fraction of sp³-hybridized carbons (Fsp3) is 0.800. The summed E-state index contributed by atoms with van der Waals surface area (Å²) in [6, 6.07) is 0. The average Bonchev–Trinajstić information content (AvgIpc) is 2.58. The summed E-state index contributed by atoms with van der Waals surface area (Å²) in [5.41, 5.74) is 0.906. The van der Waals surface area contributed by atoms with E-state index < -0.39 is 0 Å². The van der Waals surface area contributed by atoms with Crippen LogP contribution in [0.1, 0.15) is 38.8 Å². The SMILES string of the molecule is CCCC[n+]1cc(CO)n(CCC)n1. The first-order valence-electron chi connectivity index (χ1n) is 5.39. The van der Waals surface area contributed by atoms with Crippen molar-refractivity contribution in [3.05, 3.63) is 11.9 Å². The molecule has 1 rings (SSSR count). The third-order valence-electron chi connectivity index (χ3n) is 2.19. The van der Waals surface area contributed by atoms with Crippen LogP contribution in [0.4, 0.5) is 0 Å². The number of aryl methyl sites for hydroxylation is 2.